The maximum atomic E-state index is 11.8. The number of hydrogen-bond acceptors (Lipinski definition) is 5. The molecule has 1 saturated carbocycles. The highest BCUT2D eigenvalue weighted by Gasteiger charge is 2.27. The van der Waals surface area contributed by atoms with Crippen LogP contribution in [0.4, 0.5) is 5.69 Å². The molecule has 20 heavy (non-hydrogen) atoms. The van der Waals surface area contributed by atoms with E-state index in [0.717, 1.165) is 12.8 Å². The number of benzene rings is 1. The van der Waals surface area contributed by atoms with Crippen molar-refractivity contribution >= 4 is 17.9 Å². The number of amides is 1. The van der Waals surface area contributed by atoms with Gasteiger partial charge < -0.3 is 10.1 Å². The molecule has 0 heterocycles. The molecule has 0 saturated heterocycles. The number of rotatable bonds is 6. The summed E-state index contributed by atoms with van der Waals surface area (Å²) in [5, 5.41) is 13.6. The van der Waals surface area contributed by atoms with Crippen molar-refractivity contribution in [3.05, 3.63) is 33.9 Å². The number of carbonyl (C=O) groups excluding carboxylic acids is 2. The fraction of sp³-hybridized carbons (Fsp3) is 0.385. The molecule has 1 N–H and O–H groups in total. The average molecular weight is 278 g/mol. The first-order chi connectivity index (χ1) is 9.51. The number of aldehydes is 1. The highest BCUT2D eigenvalue weighted by Crippen LogP contribution is 2.28. The third kappa shape index (κ3) is 3.31. The van der Waals surface area contributed by atoms with Crippen LogP contribution in [0, 0.1) is 10.1 Å². The second kappa shape index (κ2) is 5.68. The topological polar surface area (TPSA) is 98.5 Å². The highest BCUT2D eigenvalue weighted by atomic mass is 16.6. The summed E-state index contributed by atoms with van der Waals surface area (Å²) < 4.78 is 5.33. The molecule has 0 radical (unpaired) electrons. The van der Waals surface area contributed by atoms with E-state index in [1.807, 2.05) is 0 Å². The number of ether oxygens (including phenoxy) is 1. The molecular weight excluding hydrogens is 264 g/mol. The first-order valence-electron chi connectivity index (χ1n) is 6.22. The number of nitrogens with zero attached hydrogens (tertiary/aromatic N) is 1. The second-order valence-corrected chi connectivity index (χ2v) is 4.65. The van der Waals surface area contributed by atoms with Crippen molar-refractivity contribution in [2.45, 2.75) is 31.9 Å². The van der Waals surface area contributed by atoms with Gasteiger partial charge in [-0.15, -0.1) is 0 Å². The van der Waals surface area contributed by atoms with E-state index in [2.05, 4.69) is 5.32 Å². The lowest BCUT2D eigenvalue weighted by molar-refractivity contribution is -0.386. The lowest BCUT2D eigenvalue weighted by atomic mass is 10.2. The zero-order chi connectivity index (χ0) is 14.7. The van der Waals surface area contributed by atoms with Crippen molar-refractivity contribution in [3.63, 3.8) is 0 Å². The summed E-state index contributed by atoms with van der Waals surface area (Å²) in [6.45, 7) is 1.51. The van der Waals surface area contributed by atoms with Gasteiger partial charge in [0.15, 0.2) is 11.9 Å². The molecule has 2 rings (SSSR count). The molecule has 0 aromatic heterocycles. The van der Waals surface area contributed by atoms with Crippen LogP contribution in [0.3, 0.4) is 0 Å². The third-order valence-corrected chi connectivity index (χ3v) is 2.91. The van der Waals surface area contributed by atoms with Crippen LogP contribution in [-0.4, -0.2) is 29.3 Å². The fourth-order valence-electron chi connectivity index (χ4n) is 1.64. The Kier molecular flexibility index (Phi) is 3.97. The standard InChI is InChI=1S/C13H14N2O5/c1-8(13(17)14-10-3-4-10)20-12-6-9(7-16)2-5-11(12)15(18)19/h2,5-8,10H,3-4H2,1H3,(H,14,17). The van der Waals surface area contributed by atoms with E-state index in [1.165, 1.54) is 25.1 Å². The first-order valence-corrected chi connectivity index (χ1v) is 6.22. The van der Waals surface area contributed by atoms with E-state index in [0.29, 0.717) is 6.29 Å². The first kappa shape index (κ1) is 14.0. The van der Waals surface area contributed by atoms with E-state index in [1.54, 1.807) is 0 Å². The van der Waals surface area contributed by atoms with Gasteiger partial charge in [0.2, 0.25) is 0 Å². The Labute approximate surface area is 115 Å². The number of nitro groups is 1. The zero-order valence-corrected chi connectivity index (χ0v) is 10.9. The van der Waals surface area contributed by atoms with Gasteiger partial charge >= 0.3 is 5.69 Å². The maximum Gasteiger partial charge on any atom is 0.310 e. The molecule has 0 bridgehead atoms. The zero-order valence-electron chi connectivity index (χ0n) is 10.9. The van der Waals surface area contributed by atoms with Crippen molar-refractivity contribution in [1.29, 1.82) is 0 Å². The van der Waals surface area contributed by atoms with Crippen LogP contribution in [0.15, 0.2) is 18.2 Å². The largest absolute Gasteiger partial charge is 0.474 e. The van der Waals surface area contributed by atoms with Gasteiger partial charge in [0.25, 0.3) is 5.91 Å². The van der Waals surface area contributed by atoms with Crippen LogP contribution >= 0.6 is 0 Å². The Morgan fingerprint density at radius 3 is 2.80 bits per heavy atom. The monoisotopic (exact) mass is 278 g/mol. The lowest BCUT2D eigenvalue weighted by Gasteiger charge is -2.14. The van der Waals surface area contributed by atoms with Gasteiger partial charge in [-0.25, -0.2) is 0 Å². The van der Waals surface area contributed by atoms with E-state index in [-0.39, 0.29) is 28.9 Å². The van der Waals surface area contributed by atoms with Gasteiger partial charge in [0, 0.05) is 17.7 Å². The summed E-state index contributed by atoms with van der Waals surface area (Å²) in [4.78, 5) is 32.7. The Morgan fingerprint density at radius 1 is 1.55 bits per heavy atom. The maximum absolute atomic E-state index is 11.8. The average Bonchev–Trinajstić information content (AvgIpc) is 3.22. The normalized spacial score (nSPS) is 15.2. The summed E-state index contributed by atoms with van der Waals surface area (Å²) >= 11 is 0. The predicted octanol–water partition coefficient (Wildman–Crippen LogP) is 1.45. The molecule has 1 aliphatic carbocycles. The van der Waals surface area contributed by atoms with Gasteiger partial charge in [-0.2, -0.15) is 0 Å². The molecule has 1 atom stereocenters. The van der Waals surface area contributed by atoms with Gasteiger partial charge in [-0.1, -0.05) is 0 Å². The van der Waals surface area contributed by atoms with Gasteiger partial charge in [-0.05, 0) is 31.9 Å². The molecule has 1 aliphatic rings. The summed E-state index contributed by atoms with van der Waals surface area (Å²) in [6.07, 6.45) is 1.58. The summed E-state index contributed by atoms with van der Waals surface area (Å²) in [5.41, 5.74) is -0.0259. The van der Waals surface area contributed by atoms with Crippen molar-refractivity contribution in [2.24, 2.45) is 0 Å². The van der Waals surface area contributed by atoms with E-state index in [9.17, 15) is 19.7 Å². The number of nitrogens with one attached hydrogen (secondary N) is 1. The number of carbonyl (C=O) groups is 2. The molecule has 1 aromatic carbocycles. The van der Waals surface area contributed by atoms with Crippen LogP contribution < -0.4 is 10.1 Å². The molecule has 0 aliphatic heterocycles. The lowest BCUT2D eigenvalue weighted by Crippen LogP contribution is -2.37. The third-order valence-electron chi connectivity index (χ3n) is 2.91. The van der Waals surface area contributed by atoms with E-state index >= 15 is 0 Å². The summed E-state index contributed by atoms with van der Waals surface area (Å²) in [7, 11) is 0. The minimum atomic E-state index is -0.865. The molecule has 1 unspecified atom stereocenters. The van der Waals surface area contributed by atoms with Crippen LogP contribution in [0.5, 0.6) is 5.75 Å². The SMILES string of the molecule is CC(Oc1cc(C=O)ccc1[N+](=O)[O-])C(=O)NC1CC1. The van der Waals surface area contributed by atoms with Gasteiger partial charge in [0.05, 0.1) is 4.92 Å². The van der Waals surface area contributed by atoms with Crippen LogP contribution in [0.2, 0.25) is 0 Å². The minimum Gasteiger partial charge on any atom is -0.474 e. The van der Waals surface area contributed by atoms with Crippen LogP contribution in [0.25, 0.3) is 0 Å². The van der Waals surface area contributed by atoms with Crippen molar-refractivity contribution in [3.8, 4) is 5.75 Å². The number of nitro benzene ring substituents is 1. The fourth-order valence-corrected chi connectivity index (χ4v) is 1.64. The molecule has 7 nitrogen and oxygen atoms in total. The molecule has 106 valence electrons. The van der Waals surface area contributed by atoms with Crippen LogP contribution in [-0.2, 0) is 4.79 Å². The molecular formula is C13H14N2O5. The highest BCUT2D eigenvalue weighted by molar-refractivity contribution is 5.82. The number of hydrogen-bond donors (Lipinski definition) is 1. The minimum absolute atomic E-state index is 0.0851. The Bertz CT molecular complexity index is 554. The van der Waals surface area contributed by atoms with Crippen LogP contribution in [0.1, 0.15) is 30.1 Å². The van der Waals surface area contributed by atoms with E-state index in [4.69, 9.17) is 4.74 Å². The van der Waals surface area contributed by atoms with Gasteiger partial charge in [-0.3, -0.25) is 19.7 Å². The second-order valence-electron chi connectivity index (χ2n) is 4.65. The Morgan fingerprint density at radius 2 is 2.25 bits per heavy atom. The van der Waals surface area contributed by atoms with Crippen molar-refractivity contribution in [1.82, 2.24) is 5.32 Å². The smallest absolute Gasteiger partial charge is 0.310 e. The molecule has 0 spiro atoms. The summed E-state index contributed by atoms with van der Waals surface area (Å²) in [6, 6.07) is 3.95. The summed E-state index contributed by atoms with van der Waals surface area (Å²) in [5.74, 6) is -0.406. The Balaban J connectivity index is 2.14. The predicted molar refractivity (Wildman–Crippen MR) is 69.7 cm³/mol. The molecule has 1 amide bonds. The van der Waals surface area contributed by atoms with Crippen molar-refractivity contribution < 1.29 is 19.2 Å². The molecule has 7 heteroatoms. The van der Waals surface area contributed by atoms with E-state index < -0.39 is 11.0 Å². The molecule has 1 fully saturated rings. The van der Waals surface area contributed by atoms with Gasteiger partial charge in [0.1, 0.15) is 6.29 Å². The Hall–Kier alpha value is -2.44. The molecule has 1 aromatic rings. The quantitative estimate of drug-likeness (QED) is 0.482. The van der Waals surface area contributed by atoms with Crippen molar-refractivity contribution in [2.75, 3.05) is 0 Å².